The van der Waals surface area contributed by atoms with Gasteiger partial charge in [0.05, 0.1) is 0 Å². The molecule has 0 bridgehead atoms. The van der Waals surface area contributed by atoms with E-state index in [0.29, 0.717) is 11.6 Å². The number of piperidine rings is 1. The van der Waals surface area contributed by atoms with E-state index in [-0.39, 0.29) is 5.91 Å². The van der Waals surface area contributed by atoms with Crippen LogP contribution in [0.15, 0.2) is 18.2 Å². The van der Waals surface area contributed by atoms with E-state index >= 15 is 0 Å². The van der Waals surface area contributed by atoms with Crippen molar-refractivity contribution in [2.75, 3.05) is 20.1 Å². The molecule has 2 rings (SSSR count). The third kappa shape index (κ3) is 2.39. The van der Waals surface area contributed by atoms with Crippen molar-refractivity contribution in [3.63, 3.8) is 0 Å². The van der Waals surface area contributed by atoms with Crippen molar-refractivity contribution < 1.29 is 4.79 Å². The molecule has 0 radical (unpaired) electrons. The predicted octanol–water partition coefficient (Wildman–Crippen LogP) is 0.908. The lowest BCUT2D eigenvalue weighted by molar-refractivity contribution is 0.0958. The number of nitrogens with one attached hydrogen (secondary N) is 2. The predicted molar refractivity (Wildman–Crippen MR) is 62.5 cm³/mol. The highest BCUT2D eigenvalue weighted by Crippen LogP contribution is 2.21. The number of hydrogen-bond donors (Lipinski definition) is 2. The summed E-state index contributed by atoms with van der Waals surface area (Å²) in [6.45, 7) is 2.05. The molecule has 1 unspecified atom stereocenters. The van der Waals surface area contributed by atoms with Crippen LogP contribution in [0.2, 0.25) is 0 Å². The maximum absolute atomic E-state index is 11.5. The number of rotatable bonds is 2. The summed E-state index contributed by atoms with van der Waals surface area (Å²) < 4.78 is 0. The zero-order valence-corrected chi connectivity index (χ0v) is 9.49. The monoisotopic (exact) mass is 219 g/mol. The van der Waals surface area contributed by atoms with Gasteiger partial charge in [-0.3, -0.25) is 4.79 Å². The molecule has 0 aliphatic carbocycles. The van der Waals surface area contributed by atoms with Crippen molar-refractivity contribution in [3.8, 4) is 0 Å². The summed E-state index contributed by atoms with van der Waals surface area (Å²) in [5.74, 6) is 0.323. The molecule has 1 aromatic heterocycles. The van der Waals surface area contributed by atoms with Crippen LogP contribution in [-0.2, 0) is 0 Å². The second kappa shape index (κ2) is 5.07. The molecule has 1 atom stereocenters. The van der Waals surface area contributed by atoms with Gasteiger partial charge < -0.3 is 10.6 Å². The largest absolute Gasteiger partial charge is 0.354 e. The van der Waals surface area contributed by atoms with Crippen molar-refractivity contribution in [2.24, 2.45) is 0 Å². The van der Waals surface area contributed by atoms with Crippen LogP contribution in [0.1, 0.15) is 34.9 Å². The maximum atomic E-state index is 11.5. The summed E-state index contributed by atoms with van der Waals surface area (Å²) in [6, 6.07) is 5.66. The van der Waals surface area contributed by atoms with Gasteiger partial charge in [0.25, 0.3) is 5.91 Å². The molecule has 1 aromatic rings. The Labute approximate surface area is 95.5 Å². The number of pyridine rings is 1. The van der Waals surface area contributed by atoms with E-state index in [4.69, 9.17) is 0 Å². The Morgan fingerprint density at radius 1 is 1.56 bits per heavy atom. The fraction of sp³-hybridized carbons (Fsp3) is 0.500. The van der Waals surface area contributed by atoms with E-state index in [1.165, 1.54) is 6.42 Å². The lowest BCUT2D eigenvalue weighted by atomic mass is 9.95. The summed E-state index contributed by atoms with van der Waals surface area (Å²) in [4.78, 5) is 15.9. The van der Waals surface area contributed by atoms with Crippen LogP contribution < -0.4 is 10.6 Å². The first-order valence-corrected chi connectivity index (χ1v) is 5.71. The third-order valence-electron chi connectivity index (χ3n) is 2.95. The fourth-order valence-corrected chi connectivity index (χ4v) is 2.04. The number of hydrogen-bond acceptors (Lipinski definition) is 3. The number of nitrogens with zero attached hydrogens (tertiary/aromatic N) is 1. The number of carbonyl (C=O) groups is 1. The molecule has 0 saturated carbocycles. The smallest absolute Gasteiger partial charge is 0.269 e. The van der Waals surface area contributed by atoms with Gasteiger partial charge in [-0.15, -0.1) is 0 Å². The average Bonchev–Trinajstić information content (AvgIpc) is 2.39. The quantitative estimate of drug-likeness (QED) is 0.777. The summed E-state index contributed by atoms with van der Waals surface area (Å²) in [5, 5.41) is 5.95. The second-order valence-corrected chi connectivity index (χ2v) is 4.07. The van der Waals surface area contributed by atoms with Crippen molar-refractivity contribution in [3.05, 3.63) is 29.6 Å². The van der Waals surface area contributed by atoms with E-state index in [9.17, 15) is 4.79 Å². The molecule has 0 spiro atoms. The van der Waals surface area contributed by atoms with E-state index in [1.807, 2.05) is 12.1 Å². The van der Waals surface area contributed by atoms with Crippen LogP contribution in [0.5, 0.6) is 0 Å². The molecule has 1 fully saturated rings. The molecule has 0 aromatic carbocycles. The molecule has 86 valence electrons. The first-order valence-electron chi connectivity index (χ1n) is 5.71. The Hall–Kier alpha value is -1.42. The summed E-state index contributed by atoms with van der Waals surface area (Å²) in [5.41, 5.74) is 1.53. The van der Waals surface area contributed by atoms with Crippen LogP contribution in [0.3, 0.4) is 0 Å². The highest BCUT2D eigenvalue weighted by molar-refractivity contribution is 5.91. The van der Waals surface area contributed by atoms with E-state index < -0.39 is 0 Å². The number of carbonyl (C=O) groups excluding carboxylic acids is 1. The van der Waals surface area contributed by atoms with Gasteiger partial charge in [0, 0.05) is 25.2 Å². The van der Waals surface area contributed by atoms with Gasteiger partial charge in [-0.25, -0.2) is 4.98 Å². The first kappa shape index (κ1) is 11.1. The topological polar surface area (TPSA) is 54.0 Å². The minimum atomic E-state index is -0.120. The number of aromatic nitrogens is 1. The van der Waals surface area contributed by atoms with E-state index in [0.717, 1.165) is 25.2 Å². The average molecular weight is 219 g/mol. The van der Waals surface area contributed by atoms with Crippen LogP contribution in [-0.4, -0.2) is 31.0 Å². The summed E-state index contributed by atoms with van der Waals surface area (Å²) in [6.07, 6.45) is 2.33. The van der Waals surface area contributed by atoms with Crippen LogP contribution in [0.4, 0.5) is 0 Å². The van der Waals surface area contributed by atoms with Crippen LogP contribution in [0, 0.1) is 0 Å². The Morgan fingerprint density at radius 3 is 3.12 bits per heavy atom. The normalized spacial score (nSPS) is 20.4. The SMILES string of the molecule is CNC(=O)c1cccc(C2CCCNC2)n1. The zero-order chi connectivity index (χ0) is 11.4. The van der Waals surface area contributed by atoms with Crippen molar-refractivity contribution in [1.82, 2.24) is 15.6 Å². The van der Waals surface area contributed by atoms with Gasteiger partial charge >= 0.3 is 0 Å². The third-order valence-corrected chi connectivity index (χ3v) is 2.95. The van der Waals surface area contributed by atoms with E-state index in [2.05, 4.69) is 15.6 Å². The lowest BCUT2D eigenvalue weighted by Gasteiger charge is -2.22. The first-order chi connectivity index (χ1) is 7.81. The molecule has 1 saturated heterocycles. The van der Waals surface area contributed by atoms with Crippen molar-refractivity contribution in [1.29, 1.82) is 0 Å². The summed E-state index contributed by atoms with van der Waals surface area (Å²) in [7, 11) is 1.62. The van der Waals surface area contributed by atoms with Crippen LogP contribution in [0.25, 0.3) is 0 Å². The van der Waals surface area contributed by atoms with Gasteiger partial charge in [0.1, 0.15) is 5.69 Å². The molecule has 2 heterocycles. The lowest BCUT2D eigenvalue weighted by Crippen LogP contribution is -2.29. The Balaban J connectivity index is 2.17. The molecule has 2 N–H and O–H groups in total. The minimum Gasteiger partial charge on any atom is -0.354 e. The van der Waals surface area contributed by atoms with E-state index in [1.54, 1.807) is 13.1 Å². The Kier molecular flexibility index (Phi) is 3.51. The molecule has 4 heteroatoms. The van der Waals surface area contributed by atoms with Crippen molar-refractivity contribution in [2.45, 2.75) is 18.8 Å². The molecule has 16 heavy (non-hydrogen) atoms. The minimum absolute atomic E-state index is 0.120. The van der Waals surface area contributed by atoms with Gasteiger partial charge in [-0.05, 0) is 31.5 Å². The molecule has 4 nitrogen and oxygen atoms in total. The number of amides is 1. The van der Waals surface area contributed by atoms with Gasteiger partial charge in [-0.2, -0.15) is 0 Å². The Morgan fingerprint density at radius 2 is 2.44 bits per heavy atom. The fourth-order valence-electron chi connectivity index (χ4n) is 2.04. The van der Waals surface area contributed by atoms with Gasteiger partial charge in [0.15, 0.2) is 0 Å². The van der Waals surface area contributed by atoms with Crippen LogP contribution >= 0.6 is 0 Å². The maximum Gasteiger partial charge on any atom is 0.269 e. The second-order valence-electron chi connectivity index (χ2n) is 4.07. The zero-order valence-electron chi connectivity index (χ0n) is 9.49. The molecule has 1 aliphatic rings. The van der Waals surface area contributed by atoms with Gasteiger partial charge in [-0.1, -0.05) is 6.07 Å². The Bertz CT molecular complexity index is 372. The van der Waals surface area contributed by atoms with Gasteiger partial charge in [0.2, 0.25) is 0 Å². The highest BCUT2D eigenvalue weighted by atomic mass is 16.1. The molecule has 1 aliphatic heterocycles. The highest BCUT2D eigenvalue weighted by Gasteiger charge is 2.17. The summed E-state index contributed by atoms with van der Waals surface area (Å²) >= 11 is 0. The molecule has 1 amide bonds. The molecular weight excluding hydrogens is 202 g/mol. The molecular formula is C12H17N3O. The van der Waals surface area contributed by atoms with Crippen molar-refractivity contribution >= 4 is 5.91 Å². The standard InChI is InChI=1S/C12H17N3O/c1-13-12(16)11-6-2-5-10(15-11)9-4-3-7-14-8-9/h2,5-6,9,14H,3-4,7-8H2,1H3,(H,13,16).